The Hall–Kier alpha value is -1.88. The molecule has 1 unspecified atom stereocenters. The van der Waals surface area contributed by atoms with Gasteiger partial charge in [0.25, 0.3) is 5.91 Å². The number of halogens is 1. The van der Waals surface area contributed by atoms with E-state index in [0.29, 0.717) is 16.2 Å². The van der Waals surface area contributed by atoms with E-state index in [1.807, 2.05) is 6.26 Å². The molecule has 0 saturated carbocycles. The highest BCUT2D eigenvalue weighted by Gasteiger charge is 2.16. The number of benzene rings is 1. The largest absolute Gasteiger partial charge is 0.345 e. The number of rotatable bonds is 4. The smallest absolute Gasteiger partial charge is 0.254 e. The Bertz CT molecular complexity index is 618. The lowest BCUT2D eigenvalue weighted by Gasteiger charge is -2.15. The van der Waals surface area contributed by atoms with Gasteiger partial charge in [-0.1, -0.05) is 18.2 Å². The first-order valence-corrected chi connectivity index (χ1v) is 7.40. The Balaban J connectivity index is 2.18. The number of amides is 1. The number of aromatic nitrogens is 1. The fraction of sp³-hybridized carbons (Fsp3) is 0.200. The number of carbonyl (C=O) groups is 1. The van der Waals surface area contributed by atoms with Crippen LogP contribution in [0.15, 0.2) is 47.6 Å². The number of hydrogen-bond donors (Lipinski definition) is 1. The molecule has 0 bridgehead atoms. The van der Waals surface area contributed by atoms with Crippen LogP contribution in [-0.4, -0.2) is 17.1 Å². The molecule has 1 aromatic carbocycles. The summed E-state index contributed by atoms with van der Waals surface area (Å²) in [4.78, 5) is 16.4. The van der Waals surface area contributed by atoms with Crippen molar-refractivity contribution in [3.63, 3.8) is 0 Å². The quantitative estimate of drug-likeness (QED) is 0.877. The van der Waals surface area contributed by atoms with E-state index in [2.05, 4.69) is 10.3 Å². The maximum atomic E-state index is 13.7. The highest BCUT2D eigenvalue weighted by atomic mass is 32.2. The van der Waals surface area contributed by atoms with Crippen molar-refractivity contribution < 1.29 is 9.18 Å². The van der Waals surface area contributed by atoms with Gasteiger partial charge in [-0.05, 0) is 31.4 Å². The lowest BCUT2D eigenvalue weighted by atomic mass is 10.1. The third-order valence-corrected chi connectivity index (χ3v) is 3.64. The van der Waals surface area contributed by atoms with Crippen LogP contribution in [0.2, 0.25) is 0 Å². The van der Waals surface area contributed by atoms with Gasteiger partial charge >= 0.3 is 0 Å². The van der Waals surface area contributed by atoms with Crippen molar-refractivity contribution in [1.82, 2.24) is 10.3 Å². The summed E-state index contributed by atoms with van der Waals surface area (Å²) < 4.78 is 13.7. The molecule has 1 atom stereocenters. The minimum atomic E-state index is -0.404. The van der Waals surface area contributed by atoms with Gasteiger partial charge in [-0.3, -0.25) is 4.79 Å². The van der Waals surface area contributed by atoms with Crippen LogP contribution < -0.4 is 5.32 Å². The first-order valence-electron chi connectivity index (χ1n) is 6.17. The summed E-state index contributed by atoms with van der Waals surface area (Å²) in [5, 5.41) is 3.45. The van der Waals surface area contributed by atoms with Gasteiger partial charge in [0, 0.05) is 11.8 Å². The Labute approximate surface area is 121 Å². The molecule has 0 aliphatic rings. The molecular formula is C15H15FN2OS. The monoisotopic (exact) mass is 290 g/mol. The van der Waals surface area contributed by atoms with Crippen molar-refractivity contribution in [2.24, 2.45) is 0 Å². The summed E-state index contributed by atoms with van der Waals surface area (Å²) in [5.41, 5.74) is 0.971. The Morgan fingerprint density at radius 3 is 2.75 bits per heavy atom. The van der Waals surface area contributed by atoms with E-state index in [1.165, 1.54) is 17.8 Å². The Morgan fingerprint density at radius 2 is 2.05 bits per heavy atom. The van der Waals surface area contributed by atoms with Gasteiger partial charge in [0.05, 0.1) is 11.6 Å². The molecule has 104 valence electrons. The Kier molecular flexibility index (Phi) is 4.74. The molecule has 1 heterocycles. The zero-order chi connectivity index (χ0) is 14.5. The number of pyridine rings is 1. The fourth-order valence-electron chi connectivity index (χ4n) is 1.90. The van der Waals surface area contributed by atoms with E-state index in [-0.39, 0.29) is 11.7 Å². The molecule has 2 rings (SSSR count). The second kappa shape index (κ2) is 6.52. The van der Waals surface area contributed by atoms with Crippen LogP contribution in [0.1, 0.15) is 28.9 Å². The number of thioether (sulfide) groups is 1. The molecule has 0 fully saturated rings. The van der Waals surface area contributed by atoms with E-state index in [0.717, 1.165) is 0 Å². The van der Waals surface area contributed by atoms with Crippen LogP contribution in [0, 0.1) is 5.82 Å². The van der Waals surface area contributed by atoms with Crippen molar-refractivity contribution in [1.29, 1.82) is 0 Å². The highest BCUT2D eigenvalue weighted by Crippen LogP contribution is 2.20. The van der Waals surface area contributed by atoms with Crippen molar-refractivity contribution in [2.45, 2.75) is 18.0 Å². The van der Waals surface area contributed by atoms with Crippen molar-refractivity contribution in [3.05, 3.63) is 59.5 Å². The van der Waals surface area contributed by atoms with Gasteiger partial charge in [-0.15, -0.1) is 11.8 Å². The van der Waals surface area contributed by atoms with Crippen LogP contribution in [0.5, 0.6) is 0 Å². The third-order valence-electron chi connectivity index (χ3n) is 2.93. The number of carbonyl (C=O) groups excluding carboxylic acids is 1. The second-order valence-electron chi connectivity index (χ2n) is 4.28. The zero-order valence-electron chi connectivity index (χ0n) is 11.3. The predicted molar refractivity (Wildman–Crippen MR) is 78.3 cm³/mol. The van der Waals surface area contributed by atoms with Crippen molar-refractivity contribution in [3.8, 4) is 0 Å². The molecular weight excluding hydrogens is 275 g/mol. The molecule has 0 radical (unpaired) electrons. The van der Waals surface area contributed by atoms with Gasteiger partial charge < -0.3 is 5.32 Å². The maximum Gasteiger partial charge on any atom is 0.254 e. The summed E-state index contributed by atoms with van der Waals surface area (Å²) in [5.74, 6) is -0.574. The van der Waals surface area contributed by atoms with Gasteiger partial charge in [0.15, 0.2) is 0 Å². The fourth-order valence-corrected chi connectivity index (χ4v) is 2.45. The van der Waals surface area contributed by atoms with Crippen LogP contribution in [-0.2, 0) is 0 Å². The predicted octanol–water partition coefficient (Wildman–Crippen LogP) is 3.43. The topological polar surface area (TPSA) is 42.0 Å². The van der Waals surface area contributed by atoms with Gasteiger partial charge in [-0.2, -0.15) is 0 Å². The van der Waals surface area contributed by atoms with Gasteiger partial charge in [0.2, 0.25) is 0 Å². The first-order chi connectivity index (χ1) is 9.63. The summed E-state index contributed by atoms with van der Waals surface area (Å²) in [6.45, 7) is 1.76. The van der Waals surface area contributed by atoms with E-state index in [4.69, 9.17) is 0 Å². The van der Waals surface area contributed by atoms with Crippen molar-refractivity contribution in [2.75, 3.05) is 6.26 Å². The number of nitrogens with zero attached hydrogens (tertiary/aromatic N) is 1. The lowest BCUT2D eigenvalue weighted by molar-refractivity contribution is 0.0935. The standard InChI is InChI=1S/C15H15FN2OS/c1-10(11-6-3-4-8-13(11)16)18-14(19)12-7-5-9-17-15(12)20-2/h3-10H,1-2H3,(H,18,19). The van der Waals surface area contributed by atoms with Crippen LogP contribution in [0.25, 0.3) is 0 Å². The van der Waals surface area contributed by atoms with E-state index >= 15 is 0 Å². The highest BCUT2D eigenvalue weighted by molar-refractivity contribution is 7.98. The zero-order valence-corrected chi connectivity index (χ0v) is 12.1. The van der Waals surface area contributed by atoms with Crippen LogP contribution in [0.4, 0.5) is 4.39 Å². The molecule has 1 N–H and O–H groups in total. The molecule has 0 saturated heterocycles. The molecule has 0 aliphatic heterocycles. The average Bonchev–Trinajstić information content (AvgIpc) is 2.47. The van der Waals surface area contributed by atoms with Crippen LogP contribution >= 0.6 is 11.8 Å². The molecule has 20 heavy (non-hydrogen) atoms. The summed E-state index contributed by atoms with van der Waals surface area (Å²) in [7, 11) is 0. The molecule has 0 spiro atoms. The van der Waals surface area contributed by atoms with Gasteiger partial charge in [0.1, 0.15) is 10.8 Å². The minimum Gasteiger partial charge on any atom is -0.345 e. The molecule has 2 aromatic rings. The Morgan fingerprint density at radius 1 is 1.30 bits per heavy atom. The van der Waals surface area contributed by atoms with E-state index < -0.39 is 6.04 Å². The molecule has 1 amide bonds. The summed E-state index contributed by atoms with van der Waals surface area (Å²) >= 11 is 1.40. The average molecular weight is 290 g/mol. The number of hydrogen-bond acceptors (Lipinski definition) is 3. The third kappa shape index (κ3) is 3.17. The second-order valence-corrected chi connectivity index (χ2v) is 5.07. The van der Waals surface area contributed by atoms with Gasteiger partial charge in [-0.25, -0.2) is 9.37 Å². The number of nitrogens with one attached hydrogen (secondary N) is 1. The molecule has 0 aliphatic carbocycles. The summed E-state index contributed by atoms with van der Waals surface area (Å²) in [6, 6.07) is 9.44. The first kappa shape index (κ1) is 14.5. The molecule has 5 heteroatoms. The van der Waals surface area contributed by atoms with E-state index in [9.17, 15) is 9.18 Å². The normalized spacial score (nSPS) is 11.9. The lowest BCUT2D eigenvalue weighted by Crippen LogP contribution is -2.27. The van der Waals surface area contributed by atoms with Crippen LogP contribution in [0.3, 0.4) is 0 Å². The molecule has 1 aromatic heterocycles. The maximum absolute atomic E-state index is 13.7. The van der Waals surface area contributed by atoms with E-state index in [1.54, 1.807) is 43.5 Å². The van der Waals surface area contributed by atoms with Crippen molar-refractivity contribution >= 4 is 17.7 Å². The SMILES string of the molecule is CSc1ncccc1C(=O)NC(C)c1ccccc1F. The summed E-state index contributed by atoms with van der Waals surface area (Å²) in [6.07, 6.45) is 3.50. The minimum absolute atomic E-state index is 0.252. The molecule has 3 nitrogen and oxygen atoms in total.